The van der Waals surface area contributed by atoms with Gasteiger partial charge in [-0.25, -0.2) is 9.36 Å². The van der Waals surface area contributed by atoms with E-state index >= 15 is 0 Å². The summed E-state index contributed by atoms with van der Waals surface area (Å²) in [6, 6.07) is 0. The van der Waals surface area contributed by atoms with Crippen molar-refractivity contribution in [2.45, 2.75) is 0 Å². The lowest BCUT2D eigenvalue weighted by atomic mass is 10.7. The molecule has 0 rings (SSSR count). The first kappa shape index (κ1) is 15.6. The first-order valence-electron chi connectivity index (χ1n) is 4.50. The predicted molar refractivity (Wildman–Crippen MR) is 60.8 cm³/mol. The highest BCUT2D eigenvalue weighted by Gasteiger charge is 2.36. The Bertz CT molecular complexity index is 337. The maximum atomic E-state index is 11.9. The Kier molecular flexibility index (Phi) is 7.13. The topological polar surface area (TPSA) is 90.9 Å². The lowest BCUT2D eigenvalue weighted by molar-refractivity contribution is 0.170. The number of amides is 2. The van der Waals surface area contributed by atoms with Gasteiger partial charge in [-0.2, -0.15) is 0 Å². The fraction of sp³-hybridized carbons (Fsp3) is 0.333. The second-order valence-electron chi connectivity index (χ2n) is 2.59. The molecule has 0 fully saturated rings. The second kappa shape index (κ2) is 7.78. The van der Waals surface area contributed by atoms with Gasteiger partial charge in [-0.3, -0.25) is 19.2 Å². The molecule has 0 saturated carbocycles. The number of carbonyl (C=O) groups is 2. The number of hydrogen-bond acceptors (Lipinski definition) is 6. The van der Waals surface area contributed by atoms with E-state index in [0.717, 1.165) is 7.11 Å². The maximum Gasteiger partial charge on any atom is 0.419 e. The third-order valence-electron chi connectivity index (χ3n) is 1.37. The largest absolute Gasteiger partial charge is 0.453 e. The third kappa shape index (κ3) is 5.44. The molecular weight excluding hydrogens is 249 g/mol. The van der Waals surface area contributed by atoms with Crippen LogP contribution in [-0.2, 0) is 18.3 Å². The van der Waals surface area contributed by atoms with E-state index in [1.807, 2.05) is 0 Å². The summed E-state index contributed by atoms with van der Waals surface area (Å²) in [5.74, 6) is 0. The molecule has 0 aliphatic rings. The number of rotatable bonds is 7. The molecule has 7 nitrogen and oxygen atoms in total. The first-order chi connectivity index (χ1) is 8.00. The molecule has 0 atom stereocenters. The van der Waals surface area contributed by atoms with Crippen molar-refractivity contribution in [2.75, 3.05) is 20.3 Å². The lowest BCUT2D eigenvalue weighted by Crippen LogP contribution is -2.30. The van der Waals surface area contributed by atoms with Gasteiger partial charge >= 0.3 is 19.3 Å². The van der Waals surface area contributed by atoms with Gasteiger partial charge in [0.05, 0.1) is 20.3 Å². The third-order valence-corrected chi connectivity index (χ3v) is 2.96. The van der Waals surface area contributed by atoms with Crippen LogP contribution in [0.15, 0.2) is 25.3 Å². The van der Waals surface area contributed by atoms with Crippen LogP contribution in [-0.4, -0.2) is 32.1 Å². The minimum absolute atomic E-state index is 0.164. The Labute approximate surface area is 99.0 Å². The van der Waals surface area contributed by atoms with Crippen molar-refractivity contribution < 1.29 is 27.9 Å². The standard InChI is InChI=1S/C9H14NO6P/c1-4-6-15-17(13,16-7-5-2)9(12)10-8(11)14-3/h4-5H,1-2,6-7H2,3H3,(H,10,11,12). The zero-order chi connectivity index (χ0) is 13.3. The van der Waals surface area contributed by atoms with E-state index in [9.17, 15) is 14.2 Å². The zero-order valence-electron chi connectivity index (χ0n) is 9.38. The lowest BCUT2D eigenvalue weighted by Gasteiger charge is -2.15. The quantitative estimate of drug-likeness (QED) is 0.558. The van der Waals surface area contributed by atoms with Gasteiger partial charge < -0.3 is 4.74 Å². The molecular formula is C9H14NO6P. The summed E-state index contributed by atoms with van der Waals surface area (Å²) in [6.45, 7) is 6.34. The molecule has 8 heteroatoms. The number of nitrogens with one attached hydrogen (secondary N) is 1. The van der Waals surface area contributed by atoms with Crippen molar-refractivity contribution in [1.29, 1.82) is 0 Å². The molecule has 0 unspecified atom stereocenters. The summed E-state index contributed by atoms with van der Waals surface area (Å²) >= 11 is 0. The van der Waals surface area contributed by atoms with E-state index in [-0.39, 0.29) is 13.2 Å². The molecule has 2 amide bonds. The molecule has 0 spiro atoms. The highest BCUT2D eigenvalue weighted by molar-refractivity contribution is 7.71. The fourth-order valence-electron chi connectivity index (χ4n) is 0.663. The molecule has 96 valence electrons. The summed E-state index contributed by atoms with van der Waals surface area (Å²) in [5, 5.41) is 1.71. The number of hydrogen-bond donors (Lipinski definition) is 1. The molecule has 0 aromatic carbocycles. The number of imide groups is 1. The van der Waals surface area contributed by atoms with Gasteiger partial charge in [-0.15, -0.1) is 13.2 Å². The summed E-state index contributed by atoms with van der Waals surface area (Å²) in [7, 11) is -3.05. The van der Waals surface area contributed by atoms with Crippen molar-refractivity contribution in [1.82, 2.24) is 5.32 Å². The highest BCUT2D eigenvalue weighted by atomic mass is 31.2. The number of carbonyl (C=O) groups excluding carboxylic acids is 2. The van der Waals surface area contributed by atoms with Crippen molar-refractivity contribution in [2.24, 2.45) is 0 Å². The molecule has 0 aromatic rings. The minimum Gasteiger partial charge on any atom is -0.453 e. The maximum absolute atomic E-state index is 11.9. The van der Waals surface area contributed by atoms with Gasteiger partial charge in [-0.05, 0) is 0 Å². The van der Waals surface area contributed by atoms with E-state index in [0.29, 0.717) is 0 Å². The Morgan fingerprint density at radius 1 is 1.24 bits per heavy atom. The van der Waals surface area contributed by atoms with Crippen LogP contribution in [0.1, 0.15) is 0 Å². The number of methoxy groups -OCH3 is 1. The van der Waals surface area contributed by atoms with E-state index < -0.39 is 19.3 Å². The highest BCUT2D eigenvalue weighted by Crippen LogP contribution is 2.48. The molecule has 0 radical (unpaired) electrons. The van der Waals surface area contributed by atoms with E-state index in [1.54, 1.807) is 5.32 Å². The van der Waals surface area contributed by atoms with Gasteiger partial charge in [-0.1, -0.05) is 12.2 Å². The van der Waals surface area contributed by atoms with Crippen LogP contribution in [0.4, 0.5) is 9.59 Å². The van der Waals surface area contributed by atoms with Crippen molar-refractivity contribution in [3.8, 4) is 0 Å². The van der Waals surface area contributed by atoms with Gasteiger partial charge in [0.15, 0.2) is 0 Å². The van der Waals surface area contributed by atoms with Crippen LogP contribution in [0.25, 0.3) is 0 Å². The Balaban J connectivity index is 4.70. The van der Waals surface area contributed by atoms with Crippen LogP contribution in [0.3, 0.4) is 0 Å². The van der Waals surface area contributed by atoms with Crippen molar-refractivity contribution in [3.05, 3.63) is 25.3 Å². The molecule has 0 saturated heterocycles. The van der Waals surface area contributed by atoms with Crippen LogP contribution in [0.5, 0.6) is 0 Å². The minimum atomic E-state index is -4.10. The van der Waals surface area contributed by atoms with Crippen LogP contribution in [0, 0.1) is 0 Å². The molecule has 0 heterocycles. The van der Waals surface area contributed by atoms with Gasteiger partial charge in [0.2, 0.25) is 0 Å². The van der Waals surface area contributed by atoms with Crippen LogP contribution in [0.2, 0.25) is 0 Å². The Morgan fingerprint density at radius 2 is 1.71 bits per heavy atom. The second-order valence-corrected chi connectivity index (χ2v) is 4.51. The summed E-state index contributed by atoms with van der Waals surface area (Å²) < 4.78 is 25.6. The average molecular weight is 263 g/mol. The van der Waals surface area contributed by atoms with Crippen LogP contribution < -0.4 is 5.32 Å². The first-order valence-corrected chi connectivity index (χ1v) is 6.04. The molecule has 1 N–H and O–H groups in total. The van der Waals surface area contributed by atoms with Crippen molar-refractivity contribution >= 4 is 19.3 Å². The summed E-state index contributed by atoms with van der Waals surface area (Å²) in [6.07, 6.45) is 1.52. The molecule has 0 bridgehead atoms. The summed E-state index contributed by atoms with van der Waals surface area (Å²) in [4.78, 5) is 22.2. The molecule has 17 heavy (non-hydrogen) atoms. The van der Waals surface area contributed by atoms with E-state index in [1.165, 1.54) is 12.2 Å². The summed E-state index contributed by atoms with van der Waals surface area (Å²) in [5.41, 5.74) is -1.20. The average Bonchev–Trinajstić information content (AvgIpc) is 2.33. The zero-order valence-corrected chi connectivity index (χ0v) is 10.3. The molecule has 0 aromatic heterocycles. The Morgan fingerprint density at radius 3 is 2.06 bits per heavy atom. The number of ether oxygens (including phenoxy) is 1. The van der Waals surface area contributed by atoms with Gasteiger partial charge in [0.1, 0.15) is 0 Å². The van der Waals surface area contributed by atoms with E-state index in [4.69, 9.17) is 9.05 Å². The SMILES string of the molecule is C=CCOP(=O)(OCC=C)C(=O)NC(=O)OC. The van der Waals surface area contributed by atoms with Crippen LogP contribution >= 0.6 is 7.60 Å². The molecule has 0 aliphatic heterocycles. The fourth-order valence-corrected chi connectivity index (χ4v) is 1.80. The smallest absolute Gasteiger partial charge is 0.419 e. The monoisotopic (exact) mass is 263 g/mol. The predicted octanol–water partition coefficient (Wildman–Crippen LogP) is 2.06. The normalized spacial score (nSPS) is 10.4. The molecule has 0 aliphatic carbocycles. The van der Waals surface area contributed by atoms with Gasteiger partial charge in [0, 0.05) is 0 Å². The Hall–Kier alpha value is -1.43. The van der Waals surface area contributed by atoms with Crippen molar-refractivity contribution in [3.63, 3.8) is 0 Å². The van der Waals surface area contributed by atoms with E-state index in [2.05, 4.69) is 17.9 Å². The number of alkyl carbamates (subject to hydrolysis) is 1. The van der Waals surface area contributed by atoms with Gasteiger partial charge in [0.25, 0.3) is 0 Å².